The van der Waals surface area contributed by atoms with E-state index in [-0.39, 0.29) is 46.8 Å². The molecule has 1 heterocycles. The fourth-order valence-electron chi connectivity index (χ4n) is 5.79. The van der Waals surface area contributed by atoms with E-state index in [9.17, 15) is 18.3 Å². The van der Waals surface area contributed by atoms with Crippen molar-refractivity contribution in [3.63, 3.8) is 0 Å². The number of nitrogens with zero attached hydrogens (tertiary/aromatic N) is 2. The highest BCUT2D eigenvalue weighted by Gasteiger charge is 2.30. The maximum Gasteiger partial charge on any atom is 0.261 e. The molecular weight excluding hydrogens is 630 g/mol. The molecule has 3 aromatic rings. The standard InChI is InChI=1S/C37H51N3O7S/c1-26-10-17-33(18-11-26)48(43,44)38-31-14-19-35-34(21-31)37(42)40(28(3)25-41)22-27(2)36(46-20-8-7-9-29(4)47-35)24-39(5)23-30-12-15-32(45-6)16-13-30/h10-19,21,27-29,36,38,41H,7-9,20,22-25H2,1-6H3/t27-,28+,29-,36+/m1/s1. The van der Waals surface area contributed by atoms with Crippen LogP contribution in [-0.4, -0.2) is 87.9 Å². The molecule has 2 N–H and O–H groups in total. The second-order valence-corrected chi connectivity index (χ2v) is 14.7. The van der Waals surface area contributed by atoms with Gasteiger partial charge in [-0.05, 0) is 95.1 Å². The number of rotatable bonds is 10. The number of fused-ring (bicyclic) bond motifs is 1. The zero-order valence-corrected chi connectivity index (χ0v) is 29.8. The highest BCUT2D eigenvalue weighted by atomic mass is 32.2. The van der Waals surface area contributed by atoms with Gasteiger partial charge in [-0.3, -0.25) is 14.4 Å². The third-order valence-corrected chi connectivity index (χ3v) is 10.1. The normalized spacial score (nSPS) is 20.4. The Morgan fingerprint density at radius 1 is 1.06 bits per heavy atom. The van der Waals surface area contributed by atoms with E-state index in [0.717, 1.165) is 42.7 Å². The van der Waals surface area contributed by atoms with Crippen molar-refractivity contribution in [2.24, 2.45) is 5.92 Å². The van der Waals surface area contributed by atoms with E-state index in [1.54, 1.807) is 55.3 Å². The fourth-order valence-corrected chi connectivity index (χ4v) is 6.84. The van der Waals surface area contributed by atoms with Crippen molar-refractivity contribution in [1.82, 2.24) is 9.80 Å². The monoisotopic (exact) mass is 681 g/mol. The lowest BCUT2D eigenvalue weighted by molar-refractivity contribution is -0.0177. The van der Waals surface area contributed by atoms with Gasteiger partial charge in [0.25, 0.3) is 15.9 Å². The molecule has 0 saturated carbocycles. The number of carbonyl (C=O) groups excluding carboxylic acids is 1. The first-order chi connectivity index (χ1) is 22.9. The SMILES string of the molecule is COc1ccc(CN(C)C[C@@H]2OCCCC[C@@H](C)Oc3ccc(NS(=O)(=O)c4ccc(C)cc4)cc3C(=O)N([C@@H](C)CO)C[C@H]2C)cc1. The summed E-state index contributed by atoms with van der Waals surface area (Å²) in [7, 11) is -0.200. The van der Waals surface area contributed by atoms with Crippen molar-refractivity contribution in [1.29, 1.82) is 0 Å². The van der Waals surface area contributed by atoms with E-state index in [0.29, 0.717) is 25.4 Å². The van der Waals surface area contributed by atoms with Gasteiger partial charge in [-0.1, -0.05) is 36.8 Å². The number of anilines is 1. The van der Waals surface area contributed by atoms with Crippen molar-refractivity contribution in [3.8, 4) is 11.5 Å². The van der Waals surface area contributed by atoms with Gasteiger partial charge in [0.1, 0.15) is 11.5 Å². The quantitative estimate of drug-likeness (QED) is 0.279. The summed E-state index contributed by atoms with van der Waals surface area (Å²) in [6.07, 6.45) is 2.13. The molecule has 0 spiro atoms. The van der Waals surface area contributed by atoms with Gasteiger partial charge in [-0.25, -0.2) is 8.42 Å². The average Bonchev–Trinajstić information content (AvgIpc) is 3.06. The number of benzene rings is 3. The predicted octanol–water partition coefficient (Wildman–Crippen LogP) is 5.73. The number of aliphatic hydroxyl groups is 1. The molecule has 11 heteroatoms. The number of hydrogen-bond acceptors (Lipinski definition) is 8. The summed E-state index contributed by atoms with van der Waals surface area (Å²) < 4.78 is 47.2. The van der Waals surface area contributed by atoms with Crippen LogP contribution in [0.4, 0.5) is 5.69 Å². The number of methoxy groups -OCH3 is 1. The van der Waals surface area contributed by atoms with Gasteiger partial charge in [0.05, 0.1) is 42.4 Å². The maximum atomic E-state index is 14.4. The van der Waals surface area contributed by atoms with Crippen LogP contribution in [0.5, 0.6) is 11.5 Å². The van der Waals surface area contributed by atoms with Crippen molar-refractivity contribution < 1.29 is 32.5 Å². The molecule has 4 rings (SSSR count). The summed E-state index contributed by atoms with van der Waals surface area (Å²) >= 11 is 0. The van der Waals surface area contributed by atoms with E-state index < -0.39 is 16.1 Å². The third-order valence-electron chi connectivity index (χ3n) is 8.74. The van der Waals surface area contributed by atoms with Crippen LogP contribution < -0.4 is 14.2 Å². The minimum absolute atomic E-state index is 0.0873. The summed E-state index contributed by atoms with van der Waals surface area (Å²) in [5, 5.41) is 10.3. The Balaban J connectivity index is 1.62. The first-order valence-corrected chi connectivity index (χ1v) is 18.1. The largest absolute Gasteiger partial charge is 0.497 e. The van der Waals surface area contributed by atoms with Gasteiger partial charge < -0.3 is 24.2 Å². The minimum Gasteiger partial charge on any atom is -0.497 e. The van der Waals surface area contributed by atoms with E-state index in [1.165, 1.54) is 6.07 Å². The number of aliphatic hydroxyl groups excluding tert-OH is 1. The number of amides is 1. The number of ether oxygens (including phenoxy) is 3. The maximum absolute atomic E-state index is 14.4. The predicted molar refractivity (Wildman–Crippen MR) is 188 cm³/mol. The third kappa shape index (κ3) is 10.2. The molecule has 0 bridgehead atoms. The molecule has 0 aromatic heterocycles. The Morgan fingerprint density at radius 3 is 2.44 bits per heavy atom. The molecule has 1 aliphatic heterocycles. The number of sulfonamides is 1. The van der Waals surface area contributed by atoms with Crippen LogP contribution >= 0.6 is 0 Å². The molecule has 262 valence electrons. The van der Waals surface area contributed by atoms with Gasteiger partial charge in [0.15, 0.2) is 0 Å². The summed E-state index contributed by atoms with van der Waals surface area (Å²) in [4.78, 5) is 18.4. The first kappa shape index (κ1) is 37.2. The average molecular weight is 682 g/mol. The van der Waals surface area contributed by atoms with E-state index >= 15 is 0 Å². The minimum atomic E-state index is -3.91. The lowest BCUT2D eigenvalue weighted by Gasteiger charge is -2.36. The first-order valence-electron chi connectivity index (χ1n) is 16.6. The van der Waals surface area contributed by atoms with Crippen LogP contribution in [0.15, 0.2) is 71.6 Å². The van der Waals surface area contributed by atoms with Gasteiger partial charge in [0.2, 0.25) is 0 Å². The molecule has 3 aromatic carbocycles. The second kappa shape index (κ2) is 17.1. The molecule has 0 fully saturated rings. The summed E-state index contributed by atoms with van der Waals surface area (Å²) in [6, 6.07) is 18.8. The van der Waals surface area contributed by atoms with Crippen molar-refractivity contribution >= 4 is 21.6 Å². The highest BCUT2D eigenvalue weighted by molar-refractivity contribution is 7.92. The molecule has 0 unspecified atom stereocenters. The van der Waals surface area contributed by atoms with Crippen molar-refractivity contribution in [2.75, 3.05) is 45.2 Å². The summed E-state index contributed by atoms with van der Waals surface area (Å²) in [6.45, 7) is 9.73. The van der Waals surface area contributed by atoms with Crippen LogP contribution in [0.2, 0.25) is 0 Å². The smallest absolute Gasteiger partial charge is 0.261 e. The van der Waals surface area contributed by atoms with E-state index in [2.05, 4.69) is 23.6 Å². The Morgan fingerprint density at radius 2 is 1.77 bits per heavy atom. The Bertz CT molecular complexity index is 1580. The molecule has 1 aliphatic rings. The molecule has 48 heavy (non-hydrogen) atoms. The topological polar surface area (TPSA) is 118 Å². The van der Waals surface area contributed by atoms with Crippen LogP contribution in [0.3, 0.4) is 0 Å². The van der Waals surface area contributed by atoms with Crippen LogP contribution in [-0.2, 0) is 21.3 Å². The lowest BCUT2D eigenvalue weighted by Crippen LogP contribution is -2.47. The molecule has 1 amide bonds. The number of hydrogen-bond donors (Lipinski definition) is 2. The molecule has 0 aliphatic carbocycles. The summed E-state index contributed by atoms with van der Waals surface area (Å²) in [5.74, 6) is 0.738. The Labute approximate surface area is 286 Å². The lowest BCUT2D eigenvalue weighted by atomic mass is 10.0. The molecule has 0 radical (unpaired) electrons. The van der Waals surface area contributed by atoms with Gasteiger partial charge in [-0.2, -0.15) is 0 Å². The Kier molecular flexibility index (Phi) is 13.3. The fraction of sp³-hybridized carbons (Fsp3) is 0.486. The number of likely N-dealkylation sites (N-methyl/N-ethyl adjacent to an activating group) is 1. The molecule has 0 saturated heterocycles. The second-order valence-electron chi connectivity index (χ2n) is 13.0. The zero-order valence-electron chi connectivity index (χ0n) is 29.0. The number of aryl methyl sites for hydroxylation is 1. The van der Waals surface area contributed by atoms with Crippen molar-refractivity contribution in [2.45, 2.75) is 76.6 Å². The number of nitrogens with one attached hydrogen (secondary N) is 1. The summed E-state index contributed by atoms with van der Waals surface area (Å²) in [5.41, 5.74) is 2.56. The van der Waals surface area contributed by atoms with Gasteiger partial charge in [-0.15, -0.1) is 0 Å². The Hall–Kier alpha value is -3.64. The molecular formula is C37H51N3O7S. The van der Waals surface area contributed by atoms with Crippen LogP contribution in [0.25, 0.3) is 0 Å². The molecule has 10 nitrogen and oxygen atoms in total. The van der Waals surface area contributed by atoms with Crippen molar-refractivity contribution in [3.05, 3.63) is 83.4 Å². The highest BCUT2D eigenvalue weighted by Crippen LogP contribution is 2.30. The van der Waals surface area contributed by atoms with E-state index in [1.807, 2.05) is 38.1 Å². The van der Waals surface area contributed by atoms with Gasteiger partial charge >= 0.3 is 0 Å². The van der Waals surface area contributed by atoms with E-state index in [4.69, 9.17) is 14.2 Å². The molecule has 4 atom stereocenters. The van der Waals surface area contributed by atoms with Crippen LogP contribution in [0.1, 0.15) is 61.5 Å². The van der Waals surface area contributed by atoms with Crippen LogP contribution in [0, 0.1) is 12.8 Å². The van der Waals surface area contributed by atoms with Gasteiger partial charge in [0, 0.05) is 37.8 Å². The number of carbonyl (C=O) groups is 1. The zero-order chi connectivity index (χ0) is 34.8.